The summed E-state index contributed by atoms with van der Waals surface area (Å²) in [5, 5.41) is 0. The van der Waals surface area contributed by atoms with E-state index in [0.29, 0.717) is 0 Å². The fourth-order valence-electron chi connectivity index (χ4n) is 0.889. The average Bonchev–Trinajstić information content (AvgIpc) is 2.23. The molecule has 16 heavy (non-hydrogen) atoms. The lowest BCUT2D eigenvalue weighted by Crippen LogP contribution is -1.66. The maximum absolute atomic E-state index is 3.36. The number of halogens is 4. The van der Waals surface area contributed by atoms with E-state index in [1.807, 2.05) is 24.3 Å². The Morgan fingerprint density at radius 1 is 0.688 bits per heavy atom. The fourth-order valence-corrected chi connectivity index (χ4v) is 2.88. The second-order valence-corrected chi connectivity index (χ2v) is 7.20. The second kappa shape index (κ2) is 8.05. The molecule has 0 aliphatic heterocycles. The van der Waals surface area contributed by atoms with Crippen molar-refractivity contribution in [3.63, 3.8) is 0 Å². The van der Waals surface area contributed by atoms with Crippen LogP contribution in [0.5, 0.6) is 0 Å². The third kappa shape index (κ3) is 6.56. The Labute approximate surface area is 140 Å². The van der Waals surface area contributed by atoms with Gasteiger partial charge >= 0.3 is 0 Å². The molecule has 0 amide bonds. The molecule has 0 aliphatic rings. The zero-order chi connectivity index (χ0) is 12.0. The van der Waals surface area contributed by atoms with Gasteiger partial charge in [-0.25, -0.2) is 0 Å². The quantitative estimate of drug-likeness (QED) is 0.338. The minimum absolute atomic E-state index is 1.14. The highest BCUT2D eigenvalue weighted by atomic mass is 127. The van der Waals surface area contributed by atoms with Crippen LogP contribution in [-0.2, 0) is 0 Å². The van der Waals surface area contributed by atoms with E-state index in [9.17, 15) is 0 Å². The summed E-state index contributed by atoms with van der Waals surface area (Å²) >= 11 is 11.3. The van der Waals surface area contributed by atoms with Crippen LogP contribution in [0.25, 0.3) is 0 Å². The highest BCUT2D eigenvalue weighted by Gasteiger charge is 1.84. The van der Waals surface area contributed by atoms with Gasteiger partial charge < -0.3 is 0 Å². The first-order valence-electron chi connectivity index (χ1n) is 4.40. The highest BCUT2D eigenvalue weighted by molar-refractivity contribution is 14.1. The number of rotatable bonds is 0. The van der Waals surface area contributed by atoms with Gasteiger partial charge in [-0.15, -0.1) is 0 Å². The predicted molar refractivity (Wildman–Crippen MR) is 93.7 cm³/mol. The lowest BCUT2D eigenvalue weighted by Gasteiger charge is -1.87. The SMILES string of the molecule is Brc1ccc(I)cc1.Brc1cccc(I)c1. The van der Waals surface area contributed by atoms with E-state index in [1.54, 1.807) is 0 Å². The van der Waals surface area contributed by atoms with Crippen LogP contribution < -0.4 is 0 Å². The van der Waals surface area contributed by atoms with Gasteiger partial charge in [-0.1, -0.05) is 37.9 Å². The zero-order valence-corrected chi connectivity index (χ0v) is 15.6. The van der Waals surface area contributed by atoms with Crippen molar-refractivity contribution in [2.45, 2.75) is 0 Å². The van der Waals surface area contributed by atoms with Crippen molar-refractivity contribution in [1.82, 2.24) is 0 Å². The lowest BCUT2D eigenvalue weighted by molar-refractivity contribution is 1.60. The smallest absolute Gasteiger partial charge is 0.0185 e. The Morgan fingerprint density at radius 3 is 1.69 bits per heavy atom. The lowest BCUT2D eigenvalue weighted by atomic mass is 10.4. The van der Waals surface area contributed by atoms with Gasteiger partial charge in [0.15, 0.2) is 0 Å². The summed E-state index contributed by atoms with van der Waals surface area (Å²) in [5.41, 5.74) is 0. The fraction of sp³-hybridized carbons (Fsp3) is 0. The minimum Gasteiger partial charge on any atom is -0.0601 e. The van der Waals surface area contributed by atoms with E-state index in [2.05, 4.69) is 101 Å². The summed E-state index contributed by atoms with van der Waals surface area (Å²) < 4.78 is 4.81. The summed E-state index contributed by atoms with van der Waals surface area (Å²) in [6.07, 6.45) is 0. The summed E-state index contributed by atoms with van der Waals surface area (Å²) in [6.45, 7) is 0. The van der Waals surface area contributed by atoms with Gasteiger partial charge in [-0.2, -0.15) is 0 Å². The van der Waals surface area contributed by atoms with E-state index < -0.39 is 0 Å². The Kier molecular flexibility index (Phi) is 7.50. The van der Waals surface area contributed by atoms with E-state index in [-0.39, 0.29) is 0 Å². The van der Waals surface area contributed by atoms with Gasteiger partial charge in [0.05, 0.1) is 0 Å². The first-order valence-corrected chi connectivity index (χ1v) is 8.14. The average molecular weight is 566 g/mol. The van der Waals surface area contributed by atoms with Crippen LogP contribution in [0, 0.1) is 7.14 Å². The molecule has 0 N–H and O–H groups in total. The van der Waals surface area contributed by atoms with E-state index in [1.165, 1.54) is 7.14 Å². The van der Waals surface area contributed by atoms with Crippen molar-refractivity contribution in [1.29, 1.82) is 0 Å². The van der Waals surface area contributed by atoms with Crippen LogP contribution in [0.15, 0.2) is 57.5 Å². The molecular weight excluding hydrogens is 558 g/mol. The largest absolute Gasteiger partial charge is 0.0601 e. The molecule has 0 atom stereocenters. The van der Waals surface area contributed by atoms with E-state index in [0.717, 1.165) is 8.95 Å². The van der Waals surface area contributed by atoms with Crippen LogP contribution in [0.2, 0.25) is 0 Å². The molecule has 0 aromatic heterocycles. The topological polar surface area (TPSA) is 0 Å². The molecule has 0 spiro atoms. The zero-order valence-electron chi connectivity index (χ0n) is 8.13. The Hall–Kier alpha value is 0.860. The number of hydrogen-bond acceptors (Lipinski definition) is 0. The van der Waals surface area contributed by atoms with Gasteiger partial charge in [0.25, 0.3) is 0 Å². The molecule has 2 rings (SSSR count). The van der Waals surface area contributed by atoms with Crippen molar-refractivity contribution >= 4 is 77.0 Å². The molecule has 0 radical (unpaired) electrons. The molecule has 0 aliphatic carbocycles. The van der Waals surface area contributed by atoms with E-state index >= 15 is 0 Å². The van der Waals surface area contributed by atoms with Gasteiger partial charge in [0.1, 0.15) is 0 Å². The molecule has 0 fully saturated rings. The Morgan fingerprint density at radius 2 is 1.31 bits per heavy atom. The maximum Gasteiger partial charge on any atom is 0.0185 e. The molecule has 84 valence electrons. The van der Waals surface area contributed by atoms with Crippen molar-refractivity contribution in [2.24, 2.45) is 0 Å². The Balaban J connectivity index is 0.000000160. The minimum atomic E-state index is 1.14. The normalized spacial score (nSPS) is 9.25. The molecule has 0 bridgehead atoms. The van der Waals surface area contributed by atoms with Gasteiger partial charge in [0.2, 0.25) is 0 Å². The van der Waals surface area contributed by atoms with Crippen LogP contribution >= 0.6 is 77.0 Å². The summed E-state index contributed by atoms with van der Waals surface area (Å²) in [6, 6.07) is 16.3. The molecule has 0 heterocycles. The predicted octanol–water partition coefficient (Wildman–Crippen LogP) is 6.11. The molecule has 0 unspecified atom stereocenters. The van der Waals surface area contributed by atoms with Gasteiger partial charge in [0, 0.05) is 16.1 Å². The van der Waals surface area contributed by atoms with Crippen LogP contribution in [0.4, 0.5) is 0 Å². The monoisotopic (exact) mass is 564 g/mol. The van der Waals surface area contributed by atoms with Crippen LogP contribution in [0.3, 0.4) is 0 Å². The van der Waals surface area contributed by atoms with E-state index in [4.69, 9.17) is 0 Å². The number of benzene rings is 2. The summed E-state index contributed by atoms with van der Waals surface area (Å²) in [7, 11) is 0. The van der Waals surface area contributed by atoms with Crippen LogP contribution in [0.1, 0.15) is 0 Å². The maximum atomic E-state index is 3.36. The van der Waals surface area contributed by atoms with Crippen molar-refractivity contribution in [3.05, 3.63) is 64.6 Å². The second-order valence-electron chi connectivity index (χ2n) is 2.88. The molecule has 2 aromatic rings. The highest BCUT2D eigenvalue weighted by Crippen LogP contribution is 2.12. The first kappa shape index (κ1) is 14.9. The van der Waals surface area contributed by atoms with Crippen molar-refractivity contribution in [2.75, 3.05) is 0 Å². The molecule has 0 saturated carbocycles. The Bertz CT molecular complexity index is 403. The molecule has 0 saturated heterocycles. The molecule has 0 nitrogen and oxygen atoms in total. The first-order chi connectivity index (χ1) is 7.58. The van der Waals surface area contributed by atoms with Crippen molar-refractivity contribution in [3.8, 4) is 0 Å². The third-order valence-corrected chi connectivity index (χ3v) is 4.00. The third-order valence-electron chi connectivity index (χ3n) is 1.59. The summed E-state index contributed by atoms with van der Waals surface area (Å²) in [4.78, 5) is 0. The van der Waals surface area contributed by atoms with Crippen LogP contribution in [-0.4, -0.2) is 0 Å². The number of hydrogen-bond donors (Lipinski definition) is 0. The summed E-state index contributed by atoms with van der Waals surface area (Å²) in [5.74, 6) is 0. The van der Waals surface area contributed by atoms with Gasteiger partial charge in [-0.05, 0) is 87.6 Å². The van der Waals surface area contributed by atoms with Gasteiger partial charge in [-0.3, -0.25) is 0 Å². The molecule has 2 aromatic carbocycles. The standard InChI is InChI=1S/2C6H4BrI/c7-5-1-3-6(8)4-2-5;7-5-2-1-3-6(8)4-5/h2*1-4H. The molecular formula is C12H8Br2I2. The molecule has 4 heteroatoms. The van der Waals surface area contributed by atoms with Crippen molar-refractivity contribution < 1.29 is 0 Å².